The third kappa shape index (κ3) is 3.71. The molecule has 0 aliphatic carbocycles. The predicted molar refractivity (Wildman–Crippen MR) is 50.0 cm³/mol. The molecule has 1 rings (SSSR count). The first-order chi connectivity index (χ1) is 6.33. The molecule has 2 N–H and O–H groups in total. The summed E-state index contributed by atoms with van der Waals surface area (Å²) in [6.45, 7) is 0.431. The zero-order valence-corrected chi connectivity index (χ0v) is 7.36. The van der Waals surface area contributed by atoms with Crippen LogP contribution in [0.15, 0.2) is 30.3 Å². The van der Waals surface area contributed by atoms with Gasteiger partial charge in [0.05, 0.1) is 6.61 Å². The average Bonchev–Trinajstić information content (AvgIpc) is 2.17. The Morgan fingerprint density at radius 2 is 2.00 bits per heavy atom. The fourth-order valence-electron chi connectivity index (χ4n) is 0.986. The molecule has 0 spiro atoms. The van der Waals surface area contributed by atoms with Gasteiger partial charge in [0.25, 0.3) is 0 Å². The fourth-order valence-corrected chi connectivity index (χ4v) is 0.986. The molecule has 0 radical (unpaired) electrons. The van der Waals surface area contributed by atoms with E-state index in [2.05, 4.69) is 5.32 Å². The van der Waals surface area contributed by atoms with E-state index in [0.29, 0.717) is 6.54 Å². The molecule has 13 heavy (non-hydrogen) atoms. The van der Waals surface area contributed by atoms with E-state index in [1.165, 1.54) is 0 Å². The Morgan fingerprint density at radius 3 is 2.62 bits per heavy atom. The Morgan fingerprint density at radius 1 is 1.31 bits per heavy atom. The van der Waals surface area contributed by atoms with Crippen molar-refractivity contribution in [1.29, 1.82) is 0 Å². The smallest absolute Gasteiger partial charge is 0.222 e. The van der Waals surface area contributed by atoms with Crippen LogP contribution in [0.5, 0.6) is 0 Å². The van der Waals surface area contributed by atoms with E-state index in [1.54, 1.807) is 0 Å². The van der Waals surface area contributed by atoms with Crippen molar-refractivity contribution in [2.24, 2.45) is 0 Å². The summed E-state index contributed by atoms with van der Waals surface area (Å²) in [5.74, 6) is -0.119. The maximum Gasteiger partial charge on any atom is 0.222 e. The normalized spacial score (nSPS) is 9.62. The molecule has 1 amide bonds. The standard InChI is InChI=1S/C10H13NO2/c12-7-6-10(13)11-8-9-4-2-1-3-5-9/h1-5,12H,6-8H2,(H,11,13). The van der Waals surface area contributed by atoms with Crippen LogP contribution in [0, 0.1) is 0 Å². The van der Waals surface area contributed by atoms with E-state index in [9.17, 15) is 4.79 Å². The summed E-state index contributed by atoms with van der Waals surface area (Å²) in [6, 6.07) is 9.67. The van der Waals surface area contributed by atoms with Crippen molar-refractivity contribution in [1.82, 2.24) is 5.32 Å². The monoisotopic (exact) mass is 179 g/mol. The highest BCUT2D eigenvalue weighted by Gasteiger charge is 1.98. The molecular weight excluding hydrogens is 166 g/mol. The SMILES string of the molecule is O=C(CCO)NCc1ccccc1. The minimum atomic E-state index is -0.119. The van der Waals surface area contributed by atoms with Gasteiger partial charge in [-0.05, 0) is 5.56 Å². The van der Waals surface area contributed by atoms with Crippen molar-refractivity contribution < 1.29 is 9.90 Å². The molecule has 0 saturated heterocycles. The average molecular weight is 179 g/mol. The second-order valence-electron chi connectivity index (χ2n) is 2.74. The quantitative estimate of drug-likeness (QED) is 0.714. The van der Waals surface area contributed by atoms with Gasteiger partial charge in [-0.15, -0.1) is 0 Å². The molecule has 0 heterocycles. The Labute approximate surface area is 77.4 Å². The number of hydrogen-bond acceptors (Lipinski definition) is 2. The number of amides is 1. The molecule has 70 valence electrons. The summed E-state index contributed by atoms with van der Waals surface area (Å²) in [5.41, 5.74) is 1.06. The van der Waals surface area contributed by atoms with Crippen LogP contribution >= 0.6 is 0 Å². The number of aliphatic hydroxyl groups excluding tert-OH is 1. The zero-order valence-electron chi connectivity index (χ0n) is 7.36. The highest BCUT2D eigenvalue weighted by Crippen LogP contribution is 1.96. The van der Waals surface area contributed by atoms with Crippen molar-refractivity contribution in [2.45, 2.75) is 13.0 Å². The van der Waals surface area contributed by atoms with Crippen LogP contribution in [0.25, 0.3) is 0 Å². The van der Waals surface area contributed by atoms with E-state index in [0.717, 1.165) is 5.56 Å². The van der Waals surface area contributed by atoms with Gasteiger partial charge in [-0.2, -0.15) is 0 Å². The molecule has 3 heteroatoms. The predicted octanol–water partition coefficient (Wildman–Crippen LogP) is 0.685. The lowest BCUT2D eigenvalue weighted by atomic mass is 10.2. The van der Waals surface area contributed by atoms with E-state index >= 15 is 0 Å². The highest BCUT2D eigenvalue weighted by molar-refractivity contribution is 5.75. The van der Waals surface area contributed by atoms with Crippen molar-refractivity contribution in [3.8, 4) is 0 Å². The maximum atomic E-state index is 10.9. The molecule has 1 aromatic rings. The van der Waals surface area contributed by atoms with Gasteiger partial charge in [0.15, 0.2) is 0 Å². The summed E-state index contributed by atoms with van der Waals surface area (Å²) < 4.78 is 0. The molecule has 0 aliphatic rings. The molecule has 0 bridgehead atoms. The Bertz CT molecular complexity index is 259. The van der Waals surface area contributed by atoms with E-state index in [-0.39, 0.29) is 18.9 Å². The lowest BCUT2D eigenvalue weighted by molar-refractivity contribution is -0.121. The molecule has 0 saturated carbocycles. The van der Waals surface area contributed by atoms with Gasteiger partial charge in [-0.1, -0.05) is 30.3 Å². The first-order valence-corrected chi connectivity index (χ1v) is 4.24. The zero-order chi connectivity index (χ0) is 9.52. The van der Waals surface area contributed by atoms with Crippen LogP contribution in [-0.4, -0.2) is 17.6 Å². The van der Waals surface area contributed by atoms with Crippen LogP contribution < -0.4 is 5.32 Å². The second-order valence-corrected chi connectivity index (χ2v) is 2.74. The number of hydrogen-bond donors (Lipinski definition) is 2. The van der Waals surface area contributed by atoms with Crippen LogP contribution in [0.3, 0.4) is 0 Å². The molecule has 0 aliphatic heterocycles. The second kappa shape index (κ2) is 5.32. The molecule has 0 aromatic heterocycles. The number of aliphatic hydroxyl groups is 1. The van der Waals surface area contributed by atoms with Crippen molar-refractivity contribution >= 4 is 5.91 Å². The largest absolute Gasteiger partial charge is 0.396 e. The number of nitrogens with one attached hydrogen (secondary N) is 1. The summed E-state index contributed by atoms with van der Waals surface area (Å²) >= 11 is 0. The summed E-state index contributed by atoms with van der Waals surface area (Å²) in [4.78, 5) is 10.9. The summed E-state index contributed by atoms with van der Waals surface area (Å²) in [6.07, 6.45) is 0.173. The lowest BCUT2D eigenvalue weighted by Gasteiger charge is -2.03. The molecule has 0 atom stereocenters. The number of benzene rings is 1. The van der Waals surface area contributed by atoms with Crippen molar-refractivity contribution in [3.63, 3.8) is 0 Å². The number of carbonyl (C=O) groups excluding carboxylic acids is 1. The molecular formula is C10H13NO2. The van der Waals surface area contributed by atoms with E-state index in [1.807, 2.05) is 30.3 Å². The summed E-state index contributed by atoms with van der Waals surface area (Å²) in [7, 11) is 0. The third-order valence-electron chi connectivity index (χ3n) is 1.67. The van der Waals surface area contributed by atoms with Crippen LogP contribution in [-0.2, 0) is 11.3 Å². The maximum absolute atomic E-state index is 10.9. The first-order valence-electron chi connectivity index (χ1n) is 4.24. The van der Waals surface area contributed by atoms with Gasteiger partial charge in [0.2, 0.25) is 5.91 Å². The van der Waals surface area contributed by atoms with Gasteiger partial charge in [-0.3, -0.25) is 4.79 Å². The Hall–Kier alpha value is -1.35. The summed E-state index contributed by atoms with van der Waals surface area (Å²) in [5, 5.41) is 11.2. The van der Waals surface area contributed by atoms with Crippen molar-refractivity contribution in [3.05, 3.63) is 35.9 Å². The fraction of sp³-hybridized carbons (Fsp3) is 0.300. The van der Waals surface area contributed by atoms with Gasteiger partial charge in [0.1, 0.15) is 0 Å². The highest BCUT2D eigenvalue weighted by atomic mass is 16.3. The van der Waals surface area contributed by atoms with Gasteiger partial charge >= 0.3 is 0 Å². The van der Waals surface area contributed by atoms with Crippen LogP contribution in [0.4, 0.5) is 0 Å². The van der Waals surface area contributed by atoms with E-state index in [4.69, 9.17) is 5.11 Å². The molecule has 3 nitrogen and oxygen atoms in total. The lowest BCUT2D eigenvalue weighted by Crippen LogP contribution is -2.23. The van der Waals surface area contributed by atoms with Gasteiger partial charge < -0.3 is 10.4 Å². The number of rotatable bonds is 4. The van der Waals surface area contributed by atoms with Crippen LogP contribution in [0.1, 0.15) is 12.0 Å². The Balaban J connectivity index is 2.31. The van der Waals surface area contributed by atoms with Crippen molar-refractivity contribution in [2.75, 3.05) is 6.61 Å². The molecule has 0 unspecified atom stereocenters. The number of carbonyl (C=O) groups is 1. The van der Waals surface area contributed by atoms with Crippen LogP contribution in [0.2, 0.25) is 0 Å². The van der Waals surface area contributed by atoms with Gasteiger partial charge in [0, 0.05) is 13.0 Å². The van der Waals surface area contributed by atoms with E-state index < -0.39 is 0 Å². The Kier molecular flexibility index (Phi) is 3.99. The van der Waals surface area contributed by atoms with Gasteiger partial charge in [-0.25, -0.2) is 0 Å². The molecule has 1 aromatic carbocycles. The third-order valence-corrected chi connectivity index (χ3v) is 1.67. The first kappa shape index (κ1) is 9.74. The minimum absolute atomic E-state index is 0.0966. The minimum Gasteiger partial charge on any atom is -0.396 e. The topological polar surface area (TPSA) is 49.3 Å². The molecule has 0 fully saturated rings.